The van der Waals surface area contributed by atoms with Gasteiger partial charge in [-0.2, -0.15) is 0 Å². The molecule has 1 heterocycles. The summed E-state index contributed by atoms with van der Waals surface area (Å²) in [7, 11) is 0. The monoisotopic (exact) mass is 273 g/mol. The Morgan fingerprint density at radius 1 is 1.20 bits per heavy atom. The van der Waals surface area contributed by atoms with Gasteiger partial charge in [-0.15, -0.1) is 10.2 Å². The fraction of sp³-hybridized carbons (Fsp3) is 0.0769. The van der Waals surface area contributed by atoms with E-state index in [4.69, 9.17) is 15.6 Å². The number of aryl methyl sites for hydroxylation is 1. The van der Waals surface area contributed by atoms with E-state index in [0.29, 0.717) is 5.75 Å². The summed E-state index contributed by atoms with van der Waals surface area (Å²) in [5.41, 5.74) is 5.92. The van der Waals surface area contributed by atoms with Crippen molar-refractivity contribution in [2.24, 2.45) is 5.73 Å². The van der Waals surface area contributed by atoms with E-state index < -0.39 is 11.9 Å². The molecule has 7 nitrogen and oxygen atoms in total. The van der Waals surface area contributed by atoms with Crippen molar-refractivity contribution in [2.75, 3.05) is 0 Å². The quantitative estimate of drug-likeness (QED) is 0.869. The van der Waals surface area contributed by atoms with Crippen molar-refractivity contribution >= 4 is 11.9 Å². The molecule has 2 aromatic rings. The molecule has 2 rings (SSSR count). The lowest BCUT2D eigenvalue weighted by atomic mass is 10.1. The topological polar surface area (TPSA) is 115 Å². The van der Waals surface area contributed by atoms with Crippen LogP contribution in [0.15, 0.2) is 30.3 Å². The minimum absolute atomic E-state index is 0.0216. The second kappa shape index (κ2) is 5.35. The first-order valence-corrected chi connectivity index (χ1v) is 5.62. The highest BCUT2D eigenvalue weighted by Crippen LogP contribution is 2.24. The number of benzene rings is 1. The molecule has 0 bridgehead atoms. The number of carbonyl (C=O) groups is 2. The standard InChI is InChI=1S/C13H11N3O4/c1-7-2-3-8(13(18)19)6-10(7)20-11-5-4-9(12(14)17)15-16-11/h2-6H,1H3,(H2,14,17)(H,18,19). The van der Waals surface area contributed by atoms with Crippen LogP contribution in [0.1, 0.15) is 26.4 Å². The molecule has 102 valence electrons. The van der Waals surface area contributed by atoms with Gasteiger partial charge < -0.3 is 15.6 Å². The molecule has 20 heavy (non-hydrogen) atoms. The third-order valence-corrected chi connectivity index (χ3v) is 2.54. The Morgan fingerprint density at radius 3 is 2.50 bits per heavy atom. The van der Waals surface area contributed by atoms with Gasteiger partial charge in [0.15, 0.2) is 5.69 Å². The van der Waals surface area contributed by atoms with Crippen LogP contribution >= 0.6 is 0 Å². The molecule has 1 amide bonds. The normalized spacial score (nSPS) is 10.1. The Balaban J connectivity index is 2.27. The lowest BCUT2D eigenvalue weighted by Crippen LogP contribution is -2.13. The van der Waals surface area contributed by atoms with Gasteiger partial charge in [-0.05, 0) is 30.7 Å². The molecule has 1 aromatic heterocycles. The second-order valence-corrected chi connectivity index (χ2v) is 4.01. The van der Waals surface area contributed by atoms with Crippen LogP contribution in [-0.2, 0) is 0 Å². The zero-order valence-electron chi connectivity index (χ0n) is 10.5. The Hall–Kier alpha value is -2.96. The van der Waals surface area contributed by atoms with E-state index in [1.807, 2.05) is 0 Å². The summed E-state index contributed by atoms with van der Waals surface area (Å²) in [4.78, 5) is 21.8. The number of carboxylic acids is 1. The number of rotatable bonds is 4. The zero-order valence-corrected chi connectivity index (χ0v) is 10.5. The van der Waals surface area contributed by atoms with Crippen LogP contribution in [0.3, 0.4) is 0 Å². The maximum absolute atomic E-state index is 10.9. The predicted molar refractivity (Wildman–Crippen MR) is 68.8 cm³/mol. The van der Waals surface area contributed by atoms with Crippen molar-refractivity contribution in [3.05, 3.63) is 47.2 Å². The third kappa shape index (κ3) is 2.89. The highest BCUT2D eigenvalue weighted by atomic mass is 16.5. The van der Waals surface area contributed by atoms with E-state index in [1.54, 1.807) is 13.0 Å². The van der Waals surface area contributed by atoms with Gasteiger partial charge in [-0.25, -0.2) is 4.79 Å². The van der Waals surface area contributed by atoms with Gasteiger partial charge >= 0.3 is 5.97 Å². The van der Waals surface area contributed by atoms with E-state index in [1.165, 1.54) is 24.3 Å². The molecule has 3 N–H and O–H groups in total. The highest BCUT2D eigenvalue weighted by molar-refractivity contribution is 5.90. The van der Waals surface area contributed by atoms with E-state index in [2.05, 4.69) is 10.2 Å². The smallest absolute Gasteiger partial charge is 0.335 e. The summed E-state index contributed by atoms with van der Waals surface area (Å²) in [6, 6.07) is 7.30. The zero-order chi connectivity index (χ0) is 14.7. The number of ether oxygens (including phenoxy) is 1. The molecule has 0 aliphatic rings. The number of hydrogen-bond donors (Lipinski definition) is 2. The summed E-state index contributed by atoms with van der Waals surface area (Å²) in [5, 5.41) is 16.2. The summed E-state index contributed by atoms with van der Waals surface area (Å²) in [6.07, 6.45) is 0. The molecule has 0 unspecified atom stereocenters. The van der Waals surface area contributed by atoms with Gasteiger partial charge in [0.1, 0.15) is 5.75 Å². The van der Waals surface area contributed by atoms with Crippen molar-refractivity contribution in [3.8, 4) is 11.6 Å². The Bertz CT molecular complexity index is 668. The van der Waals surface area contributed by atoms with Crippen molar-refractivity contribution in [3.63, 3.8) is 0 Å². The third-order valence-electron chi connectivity index (χ3n) is 2.54. The maximum Gasteiger partial charge on any atom is 0.335 e. The maximum atomic E-state index is 10.9. The number of hydrogen-bond acceptors (Lipinski definition) is 5. The van der Waals surface area contributed by atoms with Gasteiger partial charge in [-0.1, -0.05) is 6.07 Å². The molecule has 0 fully saturated rings. The second-order valence-electron chi connectivity index (χ2n) is 4.01. The van der Waals surface area contributed by atoms with Crippen LogP contribution in [0.25, 0.3) is 0 Å². The van der Waals surface area contributed by atoms with Crippen molar-refractivity contribution in [2.45, 2.75) is 6.92 Å². The summed E-state index contributed by atoms with van der Waals surface area (Å²) >= 11 is 0. The molecule has 0 saturated carbocycles. The minimum Gasteiger partial charge on any atom is -0.478 e. The number of primary amides is 1. The van der Waals surface area contributed by atoms with Crippen molar-refractivity contribution in [1.82, 2.24) is 10.2 Å². The Labute approximate surface area is 114 Å². The van der Waals surface area contributed by atoms with Gasteiger partial charge in [0, 0.05) is 6.07 Å². The lowest BCUT2D eigenvalue weighted by Gasteiger charge is -2.08. The van der Waals surface area contributed by atoms with E-state index in [-0.39, 0.29) is 17.1 Å². The average molecular weight is 273 g/mol. The first-order valence-electron chi connectivity index (χ1n) is 5.62. The van der Waals surface area contributed by atoms with Crippen LogP contribution in [0.5, 0.6) is 11.6 Å². The van der Waals surface area contributed by atoms with E-state index in [9.17, 15) is 9.59 Å². The molecule has 0 radical (unpaired) electrons. The first kappa shape index (κ1) is 13.5. The summed E-state index contributed by atoms with van der Waals surface area (Å²) in [6.45, 7) is 1.77. The van der Waals surface area contributed by atoms with Gasteiger partial charge in [0.2, 0.25) is 5.88 Å². The average Bonchev–Trinajstić information content (AvgIpc) is 2.41. The first-order chi connectivity index (χ1) is 9.47. The summed E-state index contributed by atoms with van der Waals surface area (Å²) in [5.74, 6) is -1.25. The van der Waals surface area contributed by atoms with Crippen LogP contribution in [0, 0.1) is 6.92 Å². The number of carboxylic acid groups (broad SMARTS) is 1. The van der Waals surface area contributed by atoms with Crippen molar-refractivity contribution < 1.29 is 19.4 Å². The van der Waals surface area contributed by atoms with E-state index >= 15 is 0 Å². The molecular weight excluding hydrogens is 262 g/mol. The van der Waals surface area contributed by atoms with Crippen LogP contribution in [0.4, 0.5) is 0 Å². The molecule has 0 atom stereocenters. The Morgan fingerprint density at radius 2 is 1.95 bits per heavy atom. The van der Waals surface area contributed by atoms with Gasteiger partial charge in [0.25, 0.3) is 5.91 Å². The lowest BCUT2D eigenvalue weighted by molar-refractivity contribution is 0.0696. The number of nitrogens with two attached hydrogens (primary N) is 1. The number of nitrogens with zero attached hydrogens (tertiary/aromatic N) is 2. The number of carbonyl (C=O) groups excluding carboxylic acids is 1. The predicted octanol–water partition coefficient (Wildman–Crippen LogP) is 1.37. The Kier molecular flexibility index (Phi) is 3.60. The molecule has 0 aliphatic heterocycles. The van der Waals surface area contributed by atoms with Crippen LogP contribution < -0.4 is 10.5 Å². The molecule has 1 aromatic carbocycles. The van der Waals surface area contributed by atoms with Crippen LogP contribution in [0.2, 0.25) is 0 Å². The number of amides is 1. The van der Waals surface area contributed by atoms with Gasteiger partial charge in [-0.3, -0.25) is 4.79 Å². The van der Waals surface area contributed by atoms with Gasteiger partial charge in [0.05, 0.1) is 5.56 Å². The number of aromatic nitrogens is 2. The SMILES string of the molecule is Cc1ccc(C(=O)O)cc1Oc1ccc(C(N)=O)nn1. The fourth-order valence-electron chi connectivity index (χ4n) is 1.46. The molecule has 7 heteroatoms. The highest BCUT2D eigenvalue weighted by Gasteiger charge is 2.09. The number of aromatic carboxylic acids is 1. The summed E-state index contributed by atoms with van der Waals surface area (Å²) < 4.78 is 5.45. The minimum atomic E-state index is -1.05. The largest absolute Gasteiger partial charge is 0.478 e. The molecule has 0 saturated heterocycles. The fourth-order valence-corrected chi connectivity index (χ4v) is 1.46. The van der Waals surface area contributed by atoms with Crippen LogP contribution in [-0.4, -0.2) is 27.2 Å². The molecule has 0 spiro atoms. The molecule has 0 aliphatic carbocycles. The molecular formula is C13H11N3O4. The van der Waals surface area contributed by atoms with Crippen molar-refractivity contribution in [1.29, 1.82) is 0 Å². The van der Waals surface area contributed by atoms with E-state index in [0.717, 1.165) is 5.56 Å².